The molecule has 6 rings (SSSR count). The van der Waals surface area contributed by atoms with E-state index in [-0.39, 0.29) is 11.1 Å². The first-order chi connectivity index (χ1) is 16.3. The zero-order valence-electron chi connectivity index (χ0n) is 18.0. The van der Waals surface area contributed by atoms with Crippen molar-refractivity contribution in [2.75, 3.05) is 4.90 Å². The zero-order valence-corrected chi connectivity index (χ0v) is 18.0. The van der Waals surface area contributed by atoms with Crippen LogP contribution in [0.2, 0.25) is 0 Å². The Morgan fingerprint density at radius 2 is 1.47 bits per heavy atom. The largest absolute Gasteiger partial charge is 0.349 e. The van der Waals surface area contributed by atoms with Crippen molar-refractivity contribution in [3.05, 3.63) is 101 Å². The van der Waals surface area contributed by atoms with Gasteiger partial charge in [0.2, 0.25) is 29.0 Å². The molecule has 34 heavy (non-hydrogen) atoms. The fourth-order valence-electron chi connectivity index (χ4n) is 5.49. The number of benzene rings is 3. The van der Waals surface area contributed by atoms with E-state index in [0.29, 0.717) is 11.3 Å². The predicted molar refractivity (Wildman–Crippen MR) is 119 cm³/mol. The van der Waals surface area contributed by atoms with Gasteiger partial charge in [0.1, 0.15) is 5.82 Å². The number of hydrogen-bond donors (Lipinski definition) is 0. The van der Waals surface area contributed by atoms with E-state index in [0.717, 1.165) is 10.5 Å². The standard InChI is InChI=1S/C27H18FNO5/c1-14-5-4-6-17(13-14)29-25(32)20-21(26(29)33)27(34-22(20)15-9-11-16(28)12-10-15)23(30)18-7-2-3-8-19(18)24(27)31/h2-13,20-22H,1H3/t20-,21-,22-/m0/s1. The highest BCUT2D eigenvalue weighted by Gasteiger charge is 2.74. The second-order valence-electron chi connectivity index (χ2n) is 8.88. The van der Waals surface area contributed by atoms with Gasteiger partial charge in [-0.15, -0.1) is 0 Å². The van der Waals surface area contributed by atoms with E-state index in [1.54, 1.807) is 30.3 Å². The number of rotatable bonds is 2. The van der Waals surface area contributed by atoms with Gasteiger partial charge in [0, 0.05) is 11.1 Å². The summed E-state index contributed by atoms with van der Waals surface area (Å²) in [6.45, 7) is 1.84. The number of halogens is 1. The average Bonchev–Trinajstić information content (AvgIpc) is 3.40. The number of imide groups is 1. The minimum Gasteiger partial charge on any atom is -0.349 e. The molecule has 1 spiro atoms. The summed E-state index contributed by atoms with van der Waals surface area (Å²) in [5.41, 5.74) is -0.180. The van der Waals surface area contributed by atoms with Crippen LogP contribution < -0.4 is 4.90 Å². The minimum atomic E-state index is -2.14. The van der Waals surface area contributed by atoms with Gasteiger partial charge in [-0.05, 0) is 42.3 Å². The predicted octanol–water partition coefficient (Wildman–Crippen LogP) is 3.83. The Morgan fingerprint density at radius 1 is 0.824 bits per heavy atom. The third-order valence-corrected chi connectivity index (χ3v) is 6.98. The van der Waals surface area contributed by atoms with E-state index in [1.807, 2.05) is 13.0 Å². The summed E-state index contributed by atoms with van der Waals surface area (Å²) in [6.07, 6.45) is -1.07. The van der Waals surface area contributed by atoms with Gasteiger partial charge in [0.25, 0.3) is 0 Å². The number of ketones is 2. The minimum absolute atomic E-state index is 0.167. The first-order valence-electron chi connectivity index (χ1n) is 10.9. The molecule has 3 aromatic carbocycles. The number of fused-ring (bicyclic) bond motifs is 3. The number of nitrogens with zero attached hydrogens (tertiary/aromatic N) is 1. The Morgan fingerprint density at radius 3 is 2.09 bits per heavy atom. The third kappa shape index (κ3) is 2.53. The molecule has 0 bridgehead atoms. The molecule has 2 heterocycles. The van der Waals surface area contributed by atoms with Crippen LogP contribution in [-0.2, 0) is 14.3 Å². The number of Topliss-reactive ketones (excluding diaryl/α,β-unsaturated/α-hetero) is 2. The zero-order chi connectivity index (χ0) is 23.8. The lowest BCUT2D eigenvalue weighted by atomic mass is 9.77. The van der Waals surface area contributed by atoms with Gasteiger partial charge in [0.15, 0.2) is 0 Å². The van der Waals surface area contributed by atoms with Crippen molar-refractivity contribution in [3.63, 3.8) is 0 Å². The van der Waals surface area contributed by atoms with E-state index < -0.39 is 52.7 Å². The lowest BCUT2D eigenvalue weighted by Gasteiger charge is -2.27. The molecule has 3 aromatic rings. The maximum atomic E-state index is 13.8. The van der Waals surface area contributed by atoms with E-state index in [9.17, 15) is 23.6 Å². The molecule has 0 radical (unpaired) electrons. The number of ether oxygens (including phenoxy) is 1. The van der Waals surface area contributed by atoms with E-state index in [4.69, 9.17) is 4.74 Å². The fourth-order valence-corrected chi connectivity index (χ4v) is 5.49. The van der Waals surface area contributed by atoms with Crippen LogP contribution in [0, 0.1) is 24.6 Å². The van der Waals surface area contributed by atoms with E-state index in [2.05, 4.69) is 0 Å². The Balaban J connectivity index is 1.55. The first-order valence-corrected chi connectivity index (χ1v) is 10.9. The molecule has 0 saturated carbocycles. The van der Waals surface area contributed by atoms with Crippen LogP contribution >= 0.6 is 0 Å². The quantitative estimate of drug-likeness (QED) is 0.433. The molecular formula is C27H18FNO5. The number of carbonyl (C=O) groups excluding carboxylic acids is 4. The highest BCUT2D eigenvalue weighted by atomic mass is 19.1. The van der Waals surface area contributed by atoms with Gasteiger partial charge in [0.05, 0.1) is 23.6 Å². The number of anilines is 1. The summed E-state index contributed by atoms with van der Waals surface area (Å²) in [5.74, 6) is -5.38. The maximum absolute atomic E-state index is 13.8. The summed E-state index contributed by atoms with van der Waals surface area (Å²) in [7, 11) is 0. The fraction of sp³-hybridized carbons (Fsp3) is 0.185. The Labute approximate surface area is 193 Å². The van der Waals surface area contributed by atoms with Crippen molar-refractivity contribution >= 4 is 29.1 Å². The first kappa shape index (κ1) is 20.6. The average molecular weight is 455 g/mol. The van der Waals surface area contributed by atoms with Gasteiger partial charge in [-0.2, -0.15) is 0 Å². The molecule has 2 saturated heterocycles. The number of amides is 2. The highest BCUT2D eigenvalue weighted by Crippen LogP contribution is 2.57. The third-order valence-electron chi connectivity index (χ3n) is 6.98. The second-order valence-corrected chi connectivity index (χ2v) is 8.88. The van der Waals surface area contributed by atoms with Crippen LogP contribution in [0.25, 0.3) is 0 Å². The Kier molecular flexibility index (Phi) is 4.25. The maximum Gasteiger partial charge on any atom is 0.241 e. The van der Waals surface area contributed by atoms with Crippen molar-refractivity contribution in [1.82, 2.24) is 0 Å². The molecule has 6 nitrogen and oxygen atoms in total. The molecule has 0 unspecified atom stereocenters. The lowest BCUT2D eigenvalue weighted by Crippen LogP contribution is -2.51. The molecular weight excluding hydrogens is 437 g/mol. The smallest absolute Gasteiger partial charge is 0.241 e. The SMILES string of the molecule is Cc1cccc(N2C(=O)[C@H]3[C@@H](C2=O)C2(O[C@H]3c3ccc(F)cc3)C(=O)c3ccccc3C2=O)c1. The number of aryl methyl sites for hydroxylation is 1. The van der Waals surface area contributed by atoms with E-state index in [1.165, 1.54) is 36.4 Å². The van der Waals surface area contributed by atoms with Gasteiger partial charge in [-0.3, -0.25) is 19.2 Å². The molecule has 2 amide bonds. The molecule has 2 fully saturated rings. The summed E-state index contributed by atoms with van der Waals surface area (Å²) in [4.78, 5) is 55.9. The summed E-state index contributed by atoms with van der Waals surface area (Å²) >= 11 is 0. The Hall–Kier alpha value is -3.97. The molecule has 2 aliphatic heterocycles. The molecule has 1 aliphatic carbocycles. The van der Waals surface area contributed by atoms with Crippen molar-refractivity contribution in [1.29, 1.82) is 0 Å². The van der Waals surface area contributed by atoms with E-state index >= 15 is 0 Å². The monoisotopic (exact) mass is 455 g/mol. The van der Waals surface area contributed by atoms with Crippen molar-refractivity contribution in [2.24, 2.45) is 11.8 Å². The van der Waals surface area contributed by atoms with Crippen LogP contribution in [0.1, 0.15) is 37.9 Å². The van der Waals surface area contributed by atoms with Crippen molar-refractivity contribution in [3.8, 4) is 0 Å². The molecule has 7 heteroatoms. The number of hydrogen-bond acceptors (Lipinski definition) is 5. The van der Waals surface area contributed by atoms with Gasteiger partial charge < -0.3 is 4.74 Å². The molecule has 0 N–H and O–H groups in total. The number of carbonyl (C=O) groups is 4. The molecule has 3 aliphatic rings. The summed E-state index contributed by atoms with van der Waals surface area (Å²) in [5, 5.41) is 0. The Bertz CT molecular complexity index is 1380. The van der Waals surface area contributed by atoms with Gasteiger partial charge in [-0.1, -0.05) is 48.5 Å². The van der Waals surface area contributed by atoms with Gasteiger partial charge in [-0.25, -0.2) is 9.29 Å². The van der Waals surface area contributed by atoms with Crippen LogP contribution in [0.4, 0.5) is 10.1 Å². The molecule has 168 valence electrons. The normalized spacial score (nSPS) is 24.8. The lowest BCUT2D eigenvalue weighted by molar-refractivity contribution is -0.127. The van der Waals surface area contributed by atoms with Gasteiger partial charge >= 0.3 is 0 Å². The summed E-state index contributed by atoms with van der Waals surface area (Å²) in [6, 6.07) is 18.5. The van der Waals surface area contributed by atoms with Crippen LogP contribution in [0.3, 0.4) is 0 Å². The van der Waals surface area contributed by atoms with Crippen LogP contribution in [-0.4, -0.2) is 29.0 Å². The van der Waals surface area contributed by atoms with Crippen molar-refractivity contribution in [2.45, 2.75) is 18.6 Å². The highest BCUT2D eigenvalue weighted by molar-refractivity contribution is 6.37. The molecule has 3 atom stereocenters. The molecule has 0 aromatic heterocycles. The van der Waals surface area contributed by atoms with Crippen molar-refractivity contribution < 1.29 is 28.3 Å². The summed E-state index contributed by atoms with van der Waals surface area (Å²) < 4.78 is 19.8. The topological polar surface area (TPSA) is 80.8 Å². The van der Waals surface area contributed by atoms with Crippen LogP contribution in [0.15, 0.2) is 72.8 Å². The van der Waals surface area contributed by atoms with Crippen LogP contribution in [0.5, 0.6) is 0 Å². The second kappa shape index (κ2) is 7.01.